The molecule has 0 spiro atoms. The summed E-state index contributed by atoms with van der Waals surface area (Å²) in [4.78, 5) is 2.53. The van der Waals surface area contributed by atoms with Crippen molar-refractivity contribution >= 4 is 0 Å². The molecule has 1 heterocycles. The van der Waals surface area contributed by atoms with Gasteiger partial charge in [-0.1, -0.05) is 6.07 Å². The molecule has 0 aromatic heterocycles. The maximum atomic E-state index is 5.32. The van der Waals surface area contributed by atoms with Gasteiger partial charge in [0.25, 0.3) is 0 Å². The van der Waals surface area contributed by atoms with E-state index in [1.54, 1.807) is 14.2 Å². The van der Waals surface area contributed by atoms with Gasteiger partial charge in [-0.2, -0.15) is 0 Å². The van der Waals surface area contributed by atoms with Gasteiger partial charge in [0.05, 0.1) is 14.2 Å². The van der Waals surface area contributed by atoms with Crippen molar-refractivity contribution in [3.8, 4) is 11.5 Å². The number of methoxy groups -OCH3 is 2. The standard InChI is InChI=1S/C16H26N2O2/c1-19-15-6-5-14(13-16(15)20-2)7-8-17-9-12-18-10-3-4-11-18/h5-6,13,17H,3-4,7-12H2,1-2H3. The van der Waals surface area contributed by atoms with Crippen molar-refractivity contribution in [1.29, 1.82) is 0 Å². The average molecular weight is 278 g/mol. The third kappa shape index (κ3) is 4.39. The Bertz CT molecular complexity index is 403. The molecule has 1 N–H and O–H groups in total. The minimum absolute atomic E-state index is 0.790. The van der Waals surface area contributed by atoms with Gasteiger partial charge >= 0.3 is 0 Å². The molecule has 0 amide bonds. The zero-order valence-electron chi connectivity index (χ0n) is 12.7. The second-order valence-corrected chi connectivity index (χ2v) is 5.24. The quantitative estimate of drug-likeness (QED) is 0.737. The molecule has 112 valence electrons. The summed E-state index contributed by atoms with van der Waals surface area (Å²) in [5.74, 6) is 1.60. The first-order chi connectivity index (χ1) is 9.83. The largest absolute Gasteiger partial charge is 0.493 e. The molecule has 0 aliphatic carbocycles. The molecule has 2 rings (SSSR count). The number of nitrogens with zero attached hydrogens (tertiary/aromatic N) is 1. The molecule has 1 saturated heterocycles. The monoisotopic (exact) mass is 278 g/mol. The molecule has 0 unspecified atom stereocenters. The highest BCUT2D eigenvalue weighted by molar-refractivity contribution is 5.42. The summed E-state index contributed by atoms with van der Waals surface area (Å²) in [5.41, 5.74) is 1.27. The lowest BCUT2D eigenvalue weighted by molar-refractivity contribution is 0.336. The summed E-state index contributed by atoms with van der Waals surface area (Å²) in [6, 6.07) is 6.13. The van der Waals surface area contributed by atoms with Crippen LogP contribution in [0.5, 0.6) is 11.5 Å². The summed E-state index contributed by atoms with van der Waals surface area (Å²) in [5, 5.41) is 3.51. The predicted molar refractivity (Wildman–Crippen MR) is 81.8 cm³/mol. The SMILES string of the molecule is COc1ccc(CCNCCN2CCCC2)cc1OC. The molecule has 4 nitrogen and oxygen atoms in total. The van der Waals surface area contributed by atoms with E-state index < -0.39 is 0 Å². The Morgan fingerprint density at radius 2 is 1.80 bits per heavy atom. The number of hydrogen-bond donors (Lipinski definition) is 1. The van der Waals surface area contributed by atoms with Gasteiger partial charge in [0.2, 0.25) is 0 Å². The molecule has 0 radical (unpaired) electrons. The lowest BCUT2D eigenvalue weighted by atomic mass is 10.1. The van der Waals surface area contributed by atoms with Crippen LogP contribution < -0.4 is 14.8 Å². The van der Waals surface area contributed by atoms with Crippen molar-refractivity contribution < 1.29 is 9.47 Å². The first kappa shape index (κ1) is 15.1. The summed E-state index contributed by atoms with van der Waals surface area (Å²) in [7, 11) is 3.34. The maximum Gasteiger partial charge on any atom is 0.160 e. The Balaban J connectivity index is 1.68. The van der Waals surface area contributed by atoms with E-state index in [2.05, 4.69) is 22.3 Å². The molecular formula is C16H26N2O2. The summed E-state index contributed by atoms with van der Waals surface area (Å²) in [6.07, 6.45) is 3.75. The van der Waals surface area contributed by atoms with E-state index in [0.717, 1.165) is 31.0 Å². The molecule has 0 saturated carbocycles. The van der Waals surface area contributed by atoms with Crippen LogP contribution in [0.1, 0.15) is 18.4 Å². The maximum absolute atomic E-state index is 5.32. The smallest absolute Gasteiger partial charge is 0.160 e. The van der Waals surface area contributed by atoms with Gasteiger partial charge in [0.15, 0.2) is 11.5 Å². The predicted octanol–water partition coefficient (Wildman–Crippen LogP) is 1.93. The highest BCUT2D eigenvalue weighted by Crippen LogP contribution is 2.27. The number of benzene rings is 1. The van der Waals surface area contributed by atoms with Crippen LogP contribution in [0.25, 0.3) is 0 Å². The van der Waals surface area contributed by atoms with Crippen molar-refractivity contribution in [2.75, 3.05) is 46.9 Å². The normalized spacial score (nSPS) is 15.5. The highest BCUT2D eigenvalue weighted by Gasteiger charge is 2.10. The molecule has 0 atom stereocenters. The molecule has 1 aliphatic heterocycles. The van der Waals surface area contributed by atoms with Crippen LogP contribution in [0, 0.1) is 0 Å². The van der Waals surface area contributed by atoms with E-state index in [1.165, 1.54) is 38.0 Å². The average Bonchev–Trinajstić information content (AvgIpc) is 3.00. The molecule has 1 aromatic rings. The Morgan fingerprint density at radius 3 is 2.50 bits per heavy atom. The Hall–Kier alpha value is -1.26. The molecule has 0 bridgehead atoms. The second kappa shape index (κ2) is 8.12. The number of nitrogens with one attached hydrogen (secondary N) is 1. The van der Waals surface area contributed by atoms with Crippen LogP contribution in [-0.2, 0) is 6.42 Å². The number of hydrogen-bond acceptors (Lipinski definition) is 4. The van der Waals surface area contributed by atoms with E-state index in [0.29, 0.717) is 0 Å². The Labute approximate surface area is 122 Å². The summed E-state index contributed by atoms with van der Waals surface area (Å²) >= 11 is 0. The van der Waals surface area contributed by atoms with Crippen molar-refractivity contribution in [1.82, 2.24) is 10.2 Å². The summed E-state index contributed by atoms with van der Waals surface area (Å²) in [6.45, 7) is 5.80. The second-order valence-electron chi connectivity index (χ2n) is 5.24. The summed E-state index contributed by atoms with van der Waals surface area (Å²) < 4.78 is 10.6. The third-order valence-electron chi connectivity index (χ3n) is 3.84. The highest BCUT2D eigenvalue weighted by atomic mass is 16.5. The van der Waals surface area contributed by atoms with E-state index >= 15 is 0 Å². The fourth-order valence-corrected chi connectivity index (χ4v) is 2.64. The molecule has 1 aromatic carbocycles. The molecular weight excluding hydrogens is 252 g/mol. The van der Waals surface area contributed by atoms with Gasteiger partial charge < -0.3 is 19.7 Å². The van der Waals surface area contributed by atoms with Crippen molar-refractivity contribution in [3.63, 3.8) is 0 Å². The lowest BCUT2D eigenvalue weighted by Gasteiger charge is -2.15. The van der Waals surface area contributed by atoms with E-state index in [9.17, 15) is 0 Å². The van der Waals surface area contributed by atoms with Crippen LogP contribution in [-0.4, -0.2) is 51.8 Å². The minimum Gasteiger partial charge on any atom is -0.493 e. The molecule has 4 heteroatoms. The fraction of sp³-hybridized carbons (Fsp3) is 0.625. The van der Waals surface area contributed by atoms with Crippen molar-refractivity contribution in [2.24, 2.45) is 0 Å². The van der Waals surface area contributed by atoms with Crippen LogP contribution in [0.2, 0.25) is 0 Å². The first-order valence-electron chi connectivity index (χ1n) is 7.47. The Kier molecular flexibility index (Phi) is 6.15. The zero-order valence-corrected chi connectivity index (χ0v) is 12.7. The van der Waals surface area contributed by atoms with Gasteiger partial charge in [-0.25, -0.2) is 0 Å². The molecule has 20 heavy (non-hydrogen) atoms. The molecule has 1 fully saturated rings. The number of ether oxygens (including phenoxy) is 2. The van der Waals surface area contributed by atoms with E-state index in [1.807, 2.05) is 6.07 Å². The van der Waals surface area contributed by atoms with Gasteiger partial charge in [0.1, 0.15) is 0 Å². The number of rotatable bonds is 8. The molecule has 1 aliphatic rings. The van der Waals surface area contributed by atoms with Crippen molar-refractivity contribution in [3.05, 3.63) is 23.8 Å². The minimum atomic E-state index is 0.790. The number of likely N-dealkylation sites (tertiary alicyclic amines) is 1. The van der Waals surface area contributed by atoms with Crippen LogP contribution in [0.3, 0.4) is 0 Å². The van der Waals surface area contributed by atoms with Gasteiger partial charge in [-0.15, -0.1) is 0 Å². The first-order valence-corrected chi connectivity index (χ1v) is 7.47. The zero-order chi connectivity index (χ0) is 14.2. The Morgan fingerprint density at radius 1 is 1.05 bits per heavy atom. The van der Waals surface area contributed by atoms with E-state index in [-0.39, 0.29) is 0 Å². The van der Waals surface area contributed by atoms with Gasteiger partial charge in [0, 0.05) is 13.1 Å². The third-order valence-corrected chi connectivity index (χ3v) is 3.84. The van der Waals surface area contributed by atoms with Crippen LogP contribution in [0.4, 0.5) is 0 Å². The van der Waals surface area contributed by atoms with Crippen LogP contribution in [0.15, 0.2) is 18.2 Å². The van der Waals surface area contributed by atoms with Crippen molar-refractivity contribution in [2.45, 2.75) is 19.3 Å². The van der Waals surface area contributed by atoms with Gasteiger partial charge in [-0.05, 0) is 56.6 Å². The van der Waals surface area contributed by atoms with Crippen LogP contribution >= 0.6 is 0 Å². The fourth-order valence-electron chi connectivity index (χ4n) is 2.64. The van der Waals surface area contributed by atoms with E-state index in [4.69, 9.17) is 9.47 Å². The van der Waals surface area contributed by atoms with Gasteiger partial charge in [-0.3, -0.25) is 0 Å². The topological polar surface area (TPSA) is 33.7 Å². The lowest BCUT2D eigenvalue weighted by Crippen LogP contribution is -2.30.